The number of aliphatic hydroxyl groups excluding tert-OH is 1. The predicted octanol–water partition coefficient (Wildman–Crippen LogP) is 0.773. The molecule has 0 atom stereocenters. The number of pyridine rings is 1. The first-order valence-corrected chi connectivity index (χ1v) is 6.71. The fraction of sp³-hybridized carbons (Fsp3) is 0.571. The molecule has 0 spiro atoms. The molecule has 1 aliphatic heterocycles. The van der Waals surface area contributed by atoms with Crippen molar-refractivity contribution in [3.8, 4) is 0 Å². The minimum absolute atomic E-state index is 0.0418. The second kappa shape index (κ2) is 7.21. The van der Waals surface area contributed by atoms with Crippen LogP contribution in [0.25, 0.3) is 0 Å². The summed E-state index contributed by atoms with van der Waals surface area (Å²) in [7, 11) is 0. The Balaban J connectivity index is 1.86. The third-order valence-electron chi connectivity index (χ3n) is 3.34. The van der Waals surface area contributed by atoms with Gasteiger partial charge in [0.05, 0.1) is 0 Å². The molecule has 5 heteroatoms. The number of nitrogens with zero attached hydrogens (tertiary/aromatic N) is 1. The lowest BCUT2D eigenvalue weighted by Crippen LogP contribution is -2.32. The third-order valence-corrected chi connectivity index (χ3v) is 3.34. The minimum atomic E-state index is -0.0759. The smallest absolute Gasteiger partial charge is 0.251 e. The van der Waals surface area contributed by atoms with Gasteiger partial charge >= 0.3 is 0 Å². The Bertz CT molecular complexity index is 417. The number of rotatable bonds is 5. The summed E-state index contributed by atoms with van der Waals surface area (Å²) in [6.07, 6.45) is 4.09. The Morgan fingerprint density at radius 1 is 1.47 bits per heavy atom. The number of aromatic nitrogens is 1. The lowest BCUT2D eigenvalue weighted by atomic mass is 10.0. The Morgan fingerprint density at radius 2 is 2.26 bits per heavy atom. The molecule has 0 saturated carbocycles. The zero-order chi connectivity index (χ0) is 13.5. The molecule has 2 heterocycles. The molecule has 0 aliphatic carbocycles. The van der Waals surface area contributed by atoms with Crippen molar-refractivity contribution in [2.45, 2.75) is 19.3 Å². The zero-order valence-corrected chi connectivity index (χ0v) is 11.0. The van der Waals surface area contributed by atoms with Crippen molar-refractivity contribution in [1.29, 1.82) is 0 Å². The molecule has 1 fully saturated rings. The van der Waals surface area contributed by atoms with Crippen LogP contribution in [-0.2, 0) is 11.2 Å². The lowest BCUT2D eigenvalue weighted by molar-refractivity contribution is 0.0642. The first-order valence-electron chi connectivity index (χ1n) is 6.71. The van der Waals surface area contributed by atoms with Crippen LogP contribution < -0.4 is 5.32 Å². The SMILES string of the molecule is O=C(NCC1CCOCC1)c1ccnc(CCO)c1. The molecule has 0 radical (unpaired) electrons. The molecule has 0 aromatic carbocycles. The summed E-state index contributed by atoms with van der Waals surface area (Å²) in [5.41, 5.74) is 1.34. The highest BCUT2D eigenvalue weighted by molar-refractivity contribution is 5.94. The number of hydrogen-bond donors (Lipinski definition) is 2. The van der Waals surface area contributed by atoms with Crippen molar-refractivity contribution in [3.63, 3.8) is 0 Å². The second-order valence-electron chi connectivity index (χ2n) is 4.78. The first kappa shape index (κ1) is 14.0. The predicted molar refractivity (Wildman–Crippen MR) is 70.9 cm³/mol. The maximum atomic E-state index is 12.0. The van der Waals surface area contributed by atoms with Gasteiger partial charge in [-0.1, -0.05) is 0 Å². The number of aliphatic hydroxyl groups is 1. The van der Waals surface area contributed by atoms with Gasteiger partial charge < -0.3 is 15.2 Å². The summed E-state index contributed by atoms with van der Waals surface area (Å²) >= 11 is 0. The molecule has 1 aromatic rings. The summed E-state index contributed by atoms with van der Waals surface area (Å²) in [6.45, 7) is 2.31. The van der Waals surface area contributed by atoms with E-state index in [0.29, 0.717) is 24.4 Å². The van der Waals surface area contributed by atoms with Crippen LogP contribution in [0.4, 0.5) is 0 Å². The average molecular weight is 264 g/mol. The Hall–Kier alpha value is -1.46. The van der Waals surface area contributed by atoms with Crippen molar-refractivity contribution < 1.29 is 14.6 Å². The highest BCUT2D eigenvalue weighted by Gasteiger charge is 2.15. The minimum Gasteiger partial charge on any atom is -0.396 e. The monoisotopic (exact) mass is 264 g/mol. The fourth-order valence-electron chi connectivity index (χ4n) is 2.16. The molecule has 0 unspecified atom stereocenters. The normalized spacial score (nSPS) is 16.3. The Morgan fingerprint density at radius 3 is 3.00 bits per heavy atom. The fourth-order valence-corrected chi connectivity index (χ4v) is 2.16. The number of carbonyl (C=O) groups excluding carboxylic acids is 1. The van der Waals surface area contributed by atoms with Gasteiger partial charge in [0.1, 0.15) is 0 Å². The van der Waals surface area contributed by atoms with Gasteiger partial charge in [-0.15, -0.1) is 0 Å². The van der Waals surface area contributed by atoms with E-state index in [1.807, 2.05) is 0 Å². The van der Waals surface area contributed by atoms with Crippen molar-refractivity contribution >= 4 is 5.91 Å². The maximum absolute atomic E-state index is 12.0. The van der Waals surface area contributed by atoms with Crippen LogP contribution in [0.3, 0.4) is 0 Å². The van der Waals surface area contributed by atoms with Crippen molar-refractivity contribution in [2.24, 2.45) is 5.92 Å². The third kappa shape index (κ3) is 4.29. The molecular weight excluding hydrogens is 244 g/mol. The summed E-state index contributed by atoms with van der Waals surface area (Å²) < 4.78 is 5.29. The van der Waals surface area contributed by atoms with E-state index in [0.717, 1.165) is 31.7 Å². The van der Waals surface area contributed by atoms with E-state index in [9.17, 15) is 4.79 Å². The quantitative estimate of drug-likeness (QED) is 0.824. The molecule has 19 heavy (non-hydrogen) atoms. The number of amides is 1. The van der Waals surface area contributed by atoms with E-state index in [1.165, 1.54) is 0 Å². The first-order chi connectivity index (χ1) is 9.29. The topological polar surface area (TPSA) is 71.5 Å². The Kier molecular flexibility index (Phi) is 5.30. The molecule has 1 aromatic heterocycles. The van der Waals surface area contributed by atoms with Crippen LogP contribution in [0.15, 0.2) is 18.3 Å². The molecule has 104 valence electrons. The standard InChI is InChI=1S/C14H20N2O3/c17-6-2-13-9-12(1-5-15-13)14(18)16-10-11-3-7-19-8-4-11/h1,5,9,11,17H,2-4,6-8,10H2,(H,16,18). The largest absolute Gasteiger partial charge is 0.396 e. The highest BCUT2D eigenvalue weighted by atomic mass is 16.5. The number of nitrogens with one attached hydrogen (secondary N) is 1. The van der Waals surface area contributed by atoms with Gasteiger partial charge in [0.25, 0.3) is 5.91 Å². The average Bonchev–Trinajstić information content (AvgIpc) is 2.46. The van der Waals surface area contributed by atoms with Crippen LogP contribution in [0, 0.1) is 5.92 Å². The summed E-state index contributed by atoms with van der Waals surface area (Å²) in [5.74, 6) is 0.435. The van der Waals surface area contributed by atoms with E-state index in [4.69, 9.17) is 9.84 Å². The molecule has 1 aliphatic rings. The van der Waals surface area contributed by atoms with Gasteiger partial charge in [-0.25, -0.2) is 0 Å². The lowest BCUT2D eigenvalue weighted by Gasteiger charge is -2.22. The van der Waals surface area contributed by atoms with Crippen LogP contribution >= 0.6 is 0 Å². The molecule has 2 N–H and O–H groups in total. The van der Waals surface area contributed by atoms with E-state index >= 15 is 0 Å². The molecule has 1 saturated heterocycles. The molecule has 2 rings (SSSR count). The van der Waals surface area contributed by atoms with Gasteiger partial charge in [-0.05, 0) is 30.9 Å². The van der Waals surface area contributed by atoms with Crippen LogP contribution in [0.1, 0.15) is 28.9 Å². The second-order valence-corrected chi connectivity index (χ2v) is 4.78. The highest BCUT2D eigenvalue weighted by Crippen LogP contribution is 2.13. The summed E-state index contributed by atoms with van der Waals surface area (Å²) in [4.78, 5) is 16.1. The van der Waals surface area contributed by atoms with Crippen molar-refractivity contribution in [1.82, 2.24) is 10.3 Å². The van der Waals surface area contributed by atoms with E-state index in [2.05, 4.69) is 10.3 Å². The van der Waals surface area contributed by atoms with Crippen molar-refractivity contribution in [2.75, 3.05) is 26.4 Å². The van der Waals surface area contributed by atoms with Crippen LogP contribution in [-0.4, -0.2) is 42.4 Å². The summed E-state index contributed by atoms with van der Waals surface area (Å²) in [6, 6.07) is 3.43. The van der Waals surface area contributed by atoms with Gasteiger partial charge in [0.15, 0.2) is 0 Å². The van der Waals surface area contributed by atoms with E-state index in [1.54, 1.807) is 18.3 Å². The van der Waals surface area contributed by atoms with Crippen LogP contribution in [0.5, 0.6) is 0 Å². The van der Waals surface area contributed by atoms with Gasteiger partial charge in [-0.2, -0.15) is 0 Å². The number of carbonyl (C=O) groups is 1. The number of ether oxygens (including phenoxy) is 1. The van der Waals surface area contributed by atoms with E-state index in [-0.39, 0.29) is 12.5 Å². The van der Waals surface area contributed by atoms with Crippen LogP contribution in [0.2, 0.25) is 0 Å². The summed E-state index contributed by atoms with van der Waals surface area (Å²) in [5, 5.41) is 11.8. The molecule has 1 amide bonds. The maximum Gasteiger partial charge on any atom is 0.251 e. The van der Waals surface area contributed by atoms with Gasteiger partial charge in [-0.3, -0.25) is 9.78 Å². The van der Waals surface area contributed by atoms with E-state index < -0.39 is 0 Å². The molecular formula is C14H20N2O3. The Labute approximate surface area is 113 Å². The number of hydrogen-bond acceptors (Lipinski definition) is 4. The molecule has 5 nitrogen and oxygen atoms in total. The van der Waals surface area contributed by atoms with Gasteiger partial charge in [0, 0.05) is 50.2 Å². The molecule has 0 bridgehead atoms. The van der Waals surface area contributed by atoms with Gasteiger partial charge in [0.2, 0.25) is 0 Å². The zero-order valence-electron chi connectivity index (χ0n) is 11.0. The van der Waals surface area contributed by atoms with Crippen molar-refractivity contribution in [3.05, 3.63) is 29.6 Å².